The Morgan fingerprint density at radius 1 is 1.27 bits per heavy atom. The minimum atomic E-state index is -0.341. The number of fused-ring (bicyclic) bond motifs is 1. The molecule has 2 aromatic carbocycles. The number of aryl methyl sites for hydroxylation is 2. The van der Waals surface area contributed by atoms with Crippen molar-refractivity contribution in [2.45, 2.75) is 20.3 Å². The number of para-hydroxylation sites is 1. The average molecular weight is 296 g/mol. The molecule has 1 aromatic heterocycles. The Kier molecular flexibility index (Phi) is 3.67. The molecule has 0 saturated heterocycles. The second-order valence-corrected chi connectivity index (χ2v) is 5.27. The van der Waals surface area contributed by atoms with Gasteiger partial charge in [-0.15, -0.1) is 0 Å². The van der Waals surface area contributed by atoms with Crippen LogP contribution in [0.1, 0.15) is 23.6 Å². The smallest absolute Gasteiger partial charge is 0.198 e. The minimum Gasteiger partial charge on any atom is -0.494 e. The van der Waals surface area contributed by atoms with Gasteiger partial charge in [-0.1, -0.05) is 25.1 Å². The molecule has 22 heavy (non-hydrogen) atoms. The van der Waals surface area contributed by atoms with Crippen molar-refractivity contribution in [3.8, 4) is 5.88 Å². The van der Waals surface area contributed by atoms with E-state index in [0.717, 1.165) is 23.2 Å². The summed E-state index contributed by atoms with van der Waals surface area (Å²) in [6, 6.07) is 10.4. The Hall–Kier alpha value is -2.62. The number of nitrogens with zero attached hydrogens (tertiary/aromatic N) is 1. The van der Waals surface area contributed by atoms with Gasteiger partial charge in [-0.3, -0.25) is 4.99 Å². The zero-order valence-electron chi connectivity index (χ0n) is 12.5. The second-order valence-electron chi connectivity index (χ2n) is 5.27. The van der Waals surface area contributed by atoms with Crippen molar-refractivity contribution in [1.29, 1.82) is 0 Å². The second kappa shape index (κ2) is 5.64. The Balaban J connectivity index is 2.11. The van der Waals surface area contributed by atoms with Crippen LogP contribution < -0.4 is 0 Å². The highest BCUT2D eigenvalue weighted by Crippen LogP contribution is 2.29. The van der Waals surface area contributed by atoms with Crippen molar-refractivity contribution in [1.82, 2.24) is 4.98 Å². The first-order valence-corrected chi connectivity index (χ1v) is 7.23. The Labute approximate surface area is 128 Å². The van der Waals surface area contributed by atoms with E-state index < -0.39 is 0 Å². The van der Waals surface area contributed by atoms with Crippen molar-refractivity contribution >= 4 is 22.8 Å². The van der Waals surface area contributed by atoms with E-state index >= 15 is 0 Å². The maximum Gasteiger partial charge on any atom is 0.198 e. The molecule has 112 valence electrons. The van der Waals surface area contributed by atoms with Crippen LogP contribution in [0, 0.1) is 12.7 Å². The molecule has 0 spiro atoms. The average Bonchev–Trinajstić information content (AvgIpc) is 2.81. The number of rotatable bonds is 3. The highest BCUT2D eigenvalue weighted by atomic mass is 19.1. The largest absolute Gasteiger partial charge is 0.494 e. The number of halogens is 1. The van der Waals surface area contributed by atoms with Gasteiger partial charge in [0.1, 0.15) is 5.82 Å². The molecule has 3 nitrogen and oxygen atoms in total. The van der Waals surface area contributed by atoms with E-state index in [0.29, 0.717) is 16.5 Å². The van der Waals surface area contributed by atoms with Crippen LogP contribution in [0.5, 0.6) is 5.88 Å². The van der Waals surface area contributed by atoms with Crippen LogP contribution >= 0.6 is 0 Å². The maximum atomic E-state index is 13.4. The van der Waals surface area contributed by atoms with E-state index in [-0.39, 0.29) is 11.7 Å². The monoisotopic (exact) mass is 296 g/mol. The fraction of sp³-hybridized carbons (Fsp3) is 0.167. The Bertz CT molecular complexity index is 865. The molecule has 0 atom stereocenters. The van der Waals surface area contributed by atoms with Gasteiger partial charge in [0.15, 0.2) is 5.88 Å². The van der Waals surface area contributed by atoms with Crippen molar-refractivity contribution in [3.05, 3.63) is 58.9 Å². The van der Waals surface area contributed by atoms with E-state index in [1.54, 1.807) is 12.3 Å². The van der Waals surface area contributed by atoms with Crippen LogP contribution in [0.3, 0.4) is 0 Å². The number of hydrogen-bond donors (Lipinski definition) is 2. The molecule has 4 heteroatoms. The number of benzene rings is 2. The van der Waals surface area contributed by atoms with Gasteiger partial charge in [0, 0.05) is 17.1 Å². The van der Waals surface area contributed by atoms with Crippen molar-refractivity contribution < 1.29 is 9.50 Å². The molecule has 0 amide bonds. The van der Waals surface area contributed by atoms with Crippen LogP contribution in [-0.2, 0) is 6.42 Å². The summed E-state index contributed by atoms with van der Waals surface area (Å²) in [5.74, 6) is -0.345. The molecule has 0 aliphatic heterocycles. The standard InChI is InChI=1S/C18H17FN2O/c1-3-12-6-4-5-11(2)17(12)20-10-15-14-9-13(19)7-8-16(14)21-18(15)22/h4-10,21-22H,3H2,1-2H3. The number of H-pyrrole nitrogens is 1. The highest BCUT2D eigenvalue weighted by molar-refractivity contribution is 6.02. The molecule has 0 unspecified atom stereocenters. The van der Waals surface area contributed by atoms with Crippen LogP contribution in [-0.4, -0.2) is 16.3 Å². The maximum absolute atomic E-state index is 13.4. The summed E-state index contributed by atoms with van der Waals surface area (Å²) < 4.78 is 13.4. The first-order chi connectivity index (χ1) is 10.6. The lowest BCUT2D eigenvalue weighted by Crippen LogP contribution is -1.86. The summed E-state index contributed by atoms with van der Waals surface area (Å²) in [6.45, 7) is 4.08. The molecule has 0 aliphatic rings. The van der Waals surface area contributed by atoms with Gasteiger partial charge in [0.05, 0.1) is 11.3 Å². The van der Waals surface area contributed by atoms with Crippen molar-refractivity contribution in [2.24, 2.45) is 4.99 Å². The normalized spacial score (nSPS) is 11.6. The first kappa shape index (κ1) is 14.3. The predicted molar refractivity (Wildman–Crippen MR) is 87.7 cm³/mol. The number of aromatic nitrogens is 1. The molecule has 0 bridgehead atoms. The van der Waals surface area contributed by atoms with E-state index in [4.69, 9.17) is 0 Å². The number of hydrogen-bond acceptors (Lipinski definition) is 2. The lowest BCUT2D eigenvalue weighted by molar-refractivity contribution is 0.457. The molecule has 1 heterocycles. The van der Waals surface area contributed by atoms with Crippen molar-refractivity contribution in [2.75, 3.05) is 0 Å². The van der Waals surface area contributed by atoms with E-state index in [1.165, 1.54) is 12.1 Å². The van der Waals surface area contributed by atoms with Gasteiger partial charge in [0.25, 0.3) is 0 Å². The number of aromatic amines is 1. The fourth-order valence-electron chi connectivity index (χ4n) is 2.62. The summed E-state index contributed by atoms with van der Waals surface area (Å²) in [5, 5.41) is 10.6. The minimum absolute atomic E-state index is 0.00372. The molecule has 0 aliphatic carbocycles. The number of nitrogens with one attached hydrogen (secondary N) is 1. The highest BCUT2D eigenvalue weighted by Gasteiger charge is 2.10. The van der Waals surface area contributed by atoms with Gasteiger partial charge < -0.3 is 10.1 Å². The van der Waals surface area contributed by atoms with Gasteiger partial charge in [-0.05, 0) is 42.7 Å². The molecular weight excluding hydrogens is 279 g/mol. The zero-order chi connectivity index (χ0) is 15.7. The summed E-state index contributed by atoms with van der Waals surface area (Å²) in [7, 11) is 0. The molecule has 3 rings (SSSR count). The predicted octanol–water partition coefficient (Wildman–Crippen LogP) is 4.63. The zero-order valence-corrected chi connectivity index (χ0v) is 12.5. The third kappa shape index (κ3) is 2.48. The molecule has 0 fully saturated rings. The topological polar surface area (TPSA) is 48.4 Å². The number of aliphatic imine (C=N–C) groups is 1. The van der Waals surface area contributed by atoms with Crippen LogP contribution in [0.4, 0.5) is 10.1 Å². The van der Waals surface area contributed by atoms with Crippen LogP contribution in [0.25, 0.3) is 10.9 Å². The van der Waals surface area contributed by atoms with Gasteiger partial charge >= 0.3 is 0 Å². The molecule has 2 N–H and O–H groups in total. The SMILES string of the molecule is CCc1cccc(C)c1N=Cc1c(O)[nH]c2ccc(F)cc12. The molecular formula is C18H17FN2O. The Morgan fingerprint density at radius 2 is 2.09 bits per heavy atom. The fourth-order valence-corrected chi connectivity index (χ4v) is 2.62. The summed E-state index contributed by atoms with van der Waals surface area (Å²) >= 11 is 0. The third-order valence-electron chi connectivity index (χ3n) is 3.80. The van der Waals surface area contributed by atoms with E-state index in [9.17, 15) is 9.50 Å². The summed E-state index contributed by atoms with van der Waals surface area (Å²) in [4.78, 5) is 7.36. The number of aromatic hydroxyl groups is 1. The molecule has 0 radical (unpaired) electrons. The van der Waals surface area contributed by atoms with Gasteiger partial charge in [-0.25, -0.2) is 4.39 Å². The Morgan fingerprint density at radius 3 is 2.86 bits per heavy atom. The summed E-state index contributed by atoms with van der Waals surface area (Å²) in [5.41, 5.74) is 4.29. The lowest BCUT2D eigenvalue weighted by Gasteiger charge is -2.05. The van der Waals surface area contributed by atoms with E-state index in [2.05, 4.69) is 16.9 Å². The van der Waals surface area contributed by atoms with Crippen LogP contribution in [0.2, 0.25) is 0 Å². The molecule has 3 aromatic rings. The van der Waals surface area contributed by atoms with Crippen molar-refractivity contribution in [3.63, 3.8) is 0 Å². The van der Waals surface area contributed by atoms with Crippen LogP contribution in [0.15, 0.2) is 41.4 Å². The first-order valence-electron chi connectivity index (χ1n) is 7.23. The quantitative estimate of drug-likeness (QED) is 0.680. The lowest BCUT2D eigenvalue weighted by atomic mass is 10.1. The molecule has 0 saturated carbocycles. The van der Waals surface area contributed by atoms with Gasteiger partial charge in [0.2, 0.25) is 0 Å². The van der Waals surface area contributed by atoms with E-state index in [1.807, 2.05) is 25.1 Å². The van der Waals surface area contributed by atoms with Gasteiger partial charge in [-0.2, -0.15) is 0 Å². The summed E-state index contributed by atoms with van der Waals surface area (Å²) in [6.07, 6.45) is 2.47. The third-order valence-corrected chi connectivity index (χ3v) is 3.80.